The Morgan fingerprint density at radius 1 is 0.750 bits per heavy atom. The smallest absolute Gasteiger partial charge is 0.335 e. The van der Waals surface area contributed by atoms with Crippen molar-refractivity contribution in [2.45, 2.75) is 77.5 Å². The summed E-state index contributed by atoms with van der Waals surface area (Å²) in [6.07, 6.45) is 0.220. The summed E-state index contributed by atoms with van der Waals surface area (Å²) in [6.45, 7) is 9.11. The molecule has 6 rings (SSSR count). The molecule has 1 aromatic heterocycles. The van der Waals surface area contributed by atoms with Crippen molar-refractivity contribution in [1.82, 2.24) is 9.13 Å². The van der Waals surface area contributed by atoms with Crippen LogP contribution in [-0.2, 0) is 43.3 Å². The molecular formula is C42H48N2O7Si. The Hall–Kier alpha value is -4.42. The second-order valence-corrected chi connectivity index (χ2v) is 18.5. The predicted molar refractivity (Wildman–Crippen MR) is 204 cm³/mol. The van der Waals surface area contributed by atoms with Gasteiger partial charge >= 0.3 is 5.69 Å². The van der Waals surface area contributed by atoms with Crippen molar-refractivity contribution in [3.63, 3.8) is 0 Å². The van der Waals surface area contributed by atoms with E-state index in [9.17, 15) is 9.59 Å². The third kappa shape index (κ3) is 8.44. The summed E-state index contributed by atoms with van der Waals surface area (Å²) in [6, 6.07) is 40.4. The van der Waals surface area contributed by atoms with Crippen LogP contribution in [0.3, 0.4) is 0 Å². The number of aryl methyl sites for hydroxylation is 1. The topological polar surface area (TPSA) is 90.2 Å². The molecule has 272 valence electrons. The van der Waals surface area contributed by atoms with E-state index in [1.165, 1.54) is 4.57 Å². The van der Waals surface area contributed by atoms with Gasteiger partial charge in [-0.3, -0.25) is 9.36 Å². The molecule has 0 spiro atoms. The Morgan fingerprint density at radius 2 is 1.27 bits per heavy atom. The molecule has 2 heterocycles. The van der Waals surface area contributed by atoms with E-state index >= 15 is 0 Å². The SMILES string of the molecule is Cc1cn([C@H]2CC(OCOCc3ccccc3)[C@@H](CO[Si](c3ccccc3)(c3ccccc3)C(C)(C)C)O2)c(=O)n(COCc2ccccc2)c1=O. The van der Waals surface area contributed by atoms with Crippen LogP contribution in [0.5, 0.6) is 0 Å². The van der Waals surface area contributed by atoms with Gasteiger partial charge in [0.2, 0.25) is 0 Å². The summed E-state index contributed by atoms with van der Waals surface area (Å²) in [5, 5.41) is 2.06. The van der Waals surface area contributed by atoms with Gasteiger partial charge in [0, 0.05) is 18.2 Å². The maximum atomic E-state index is 13.9. The normalized spacial score (nSPS) is 17.7. The fourth-order valence-electron chi connectivity index (χ4n) is 6.94. The maximum Gasteiger partial charge on any atom is 0.335 e. The highest BCUT2D eigenvalue weighted by molar-refractivity contribution is 6.99. The summed E-state index contributed by atoms with van der Waals surface area (Å²) in [5.41, 5.74) is 1.47. The monoisotopic (exact) mass is 720 g/mol. The van der Waals surface area contributed by atoms with Crippen LogP contribution in [0.2, 0.25) is 5.04 Å². The van der Waals surface area contributed by atoms with Crippen molar-refractivity contribution in [1.29, 1.82) is 0 Å². The molecule has 0 amide bonds. The van der Waals surface area contributed by atoms with E-state index in [0.717, 1.165) is 26.1 Å². The molecule has 0 N–H and O–H groups in total. The van der Waals surface area contributed by atoms with Crippen LogP contribution in [0.1, 0.15) is 50.1 Å². The van der Waals surface area contributed by atoms with Crippen molar-refractivity contribution in [2.75, 3.05) is 13.4 Å². The Balaban J connectivity index is 1.27. The molecule has 1 unspecified atom stereocenters. The second-order valence-electron chi connectivity index (χ2n) is 14.2. The number of aromatic nitrogens is 2. The molecule has 1 fully saturated rings. The molecule has 1 aliphatic heterocycles. The van der Waals surface area contributed by atoms with Gasteiger partial charge in [0.1, 0.15) is 25.9 Å². The maximum absolute atomic E-state index is 13.9. The van der Waals surface area contributed by atoms with Crippen molar-refractivity contribution in [3.8, 4) is 0 Å². The van der Waals surface area contributed by atoms with E-state index < -0.39 is 38.0 Å². The summed E-state index contributed by atoms with van der Waals surface area (Å²) >= 11 is 0. The zero-order chi connectivity index (χ0) is 36.6. The molecule has 0 bridgehead atoms. The Morgan fingerprint density at radius 3 is 1.81 bits per heavy atom. The third-order valence-electron chi connectivity index (χ3n) is 9.55. The van der Waals surface area contributed by atoms with E-state index in [1.54, 1.807) is 13.1 Å². The van der Waals surface area contributed by atoms with Gasteiger partial charge in [-0.2, -0.15) is 0 Å². The number of hydrogen-bond donors (Lipinski definition) is 0. The summed E-state index contributed by atoms with van der Waals surface area (Å²) in [7, 11) is -2.91. The minimum absolute atomic E-state index is 0.0338. The fourth-order valence-corrected chi connectivity index (χ4v) is 11.5. The first kappa shape index (κ1) is 37.3. The first-order valence-electron chi connectivity index (χ1n) is 17.8. The largest absolute Gasteiger partial charge is 0.405 e. The lowest BCUT2D eigenvalue weighted by molar-refractivity contribution is -0.121. The zero-order valence-corrected chi connectivity index (χ0v) is 31.4. The van der Waals surface area contributed by atoms with Gasteiger partial charge < -0.3 is 23.4 Å². The molecule has 1 saturated heterocycles. The van der Waals surface area contributed by atoms with E-state index in [1.807, 2.05) is 72.8 Å². The Bertz CT molecular complexity index is 1940. The molecule has 5 aromatic rings. The number of benzene rings is 4. The number of rotatable bonds is 15. The average molecular weight is 721 g/mol. The van der Waals surface area contributed by atoms with E-state index in [0.29, 0.717) is 18.6 Å². The lowest BCUT2D eigenvalue weighted by atomic mass is 10.2. The van der Waals surface area contributed by atoms with Crippen LogP contribution in [0.15, 0.2) is 137 Å². The molecule has 4 aromatic carbocycles. The van der Waals surface area contributed by atoms with Gasteiger partial charge in [0.15, 0.2) is 0 Å². The second kappa shape index (κ2) is 16.9. The van der Waals surface area contributed by atoms with Crippen LogP contribution >= 0.6 is 0 Å². The molecule has 0 saturated carbocycles. The van der Waals surface area contributed by atoms with Crippen LogP contribution in [0.4, 0.5) is 0 Å². The first-order valence-corrected chi connectivity index (χ1v) is 19.7. The fraction of sp³-hybridized carbons (Fsp3) is 0.333. The number of nitrogens with zero attached hydrogens (tertiary/aromatic N) is 2. The summed E-state index contributed by atoms with van der Waals surface area (Å²) in [5.74, 6) is 0. The molecule has 52 heavy (non-hydrogen) atoms. The Labute approximate surface area is 306 Å². The lowest BCUT2D eigenvalue weighted by Gasteiger charge is -2.43. The third-order valence-corrected chi connectivity index (χ3v) is 14.6. The minimum Gasteiger partial charge on any atom is -0.405 e. The molecule has 1 aliphatic rings. The minimum atomic E-state index is -2.91. The van der Waals surface area contributed by atoms with Gasteiger partial charge in [-0.1, -0.05) is 142 Å². The van der Waals surface area contributed by atoms with Gasteiger partial charge in [0.25, 0.3) is 13.9 Å². The first-order chi connectivity index (χ1) is 25.2. The highest BCUT2D eigenvalue weighted by Crippen LogP contribution is 2.38. The lowest BCUT2D eigenvalue weighted by Crippen LogP contribution is -2.67. The number of ether oxygens (including phenoxy) is 4. The van der Waals surface area contributed by atoms with Crippen LogP contribution in [0.25, 0.3) is 0 Å². The van der Waals surface area contributed by atoms with Crippen LogP contribution in [0, 0.1) is 6.92 Å². The van der Waals surface area contributed by atoms with Crippen molar-refractivity contribution in [2.24, 2.45) is 0 Å². The predicted octanol–water partition coefficient (Wildman–Crippen LogP) is 5.92. The molecule has 0 radical (unpaired) electrons. The molecule has 3 atom stereocenters. The van der Waals surface area contributed by atoms with Crippen LogP contribution in [-0.4, -0.2) is 43.1 Å². The highest BCUT2D eigenvalue weighted by Gasteiger charge is 2.51. The van der Waals surface area contributed by atoms with Crippen molar-refractivity contribution < 1.29 is 23.4 Å². The van der Waals surface area contributed by atoms with Crippen LogP contribution < -0.4 is 21.6 Å². The van der Waals surface area contributed by atoms with E-state index in [-0.39, 0.29) is 31.8 Å². The standard InChI is InChI=1S/C42H48N2O7Si/c1-32-26-43(41(46)44(40(32)45)30-47-27-33-17-9-5-10-18-33)39-25-37(49-31-48-28-34-19-11-6-12-20-34)38(51-39)29-50-52(42(2,3)4,35-21-13-7-14-22-35)36-23-15-8-16-24-36/h5-24,26,37-39H,25,27-31H2,1-4H3/t37?,38-,39-/m1/s1. The average Bonchev–Trinajstić information content (AvgIpc) is 3.57. The zero-order valence-electron chi connectivity index (χ0n) is 30.4. The highest BCUT2D eigenvalue weighted by atomic mass is 28.4. The van der Waals surface area contributed by atoms with Gasteiger partial charge in [-0.05, 0) is 33.5 Å². The van der Waals surface area contributed by atoms with E-state index in [2.05, 4.69) is 69.3 Å². The quantitative estimate of drug-likeness (QED) is 0.0755. The van der Waals surface area contributed by atoms with Crippen molar-refractivity contribution >= 4 is 18.7 Å². The molecule has 10 heteroatoms. The van der Waals surface area contributed by atoms with Gasteiger partial charge in [0.05, 0.1) is 25.9 Å². The van der Waals surface area contributed by atoms with E-state index in [4.69, 9.17) is 23.4 Å². The number of hydrogen-bond acceptors (Lipinski definition) is 7. The summed E-state index contributed by atoms with van der Waals surface area (Å²) < 4.78 is 34.7. The Kier molecular flexibility index (Phi) is 12.2. The molecular weight excluding hydrogens is 673 g/mol. The molecule has 0 aliphatic carbocycles. The van der Waals surface area contributed by atoms with Gasteiger partial charge in [-0.15, -0.1) is 0 Å². The summed E-state index contributed by atoms with van der Waals surface area (Å²) in [4.78, 5) is 27.1. The molecule has 9 nitrogen and oxygen atoms in total. The van der Waals surface area contributed by atoms with Crippen molar-refractivity contribution in [3.05, 3.63) is 165 Å². The van der Waals surface area contributed by atoms with Gasteiger partial charge in [-0.25, -0.2) is 9.36 Å².